The Kier molecular flexibility index (Phi) is 4.29. The SMILES string of the molecule is CC(C)NS(=O)(=O)c1ccc(NC(=O)NC2CC2)cc1. The highest BCUT2D eigenvalue weighted by molar-refractivity contribution is 7.89. The van der Waals surface area contributed by atoms with Gasteiger partial charge in [0.05, 0.1) is 4.90 Å². The van der Waals surface area contributed by atoms with Crippen molar-refractivity contribution in [3.8, 4) is 0 Å². The third-order valence-electron chi connectivity index (χ3n) is 2.73. The zero-order chi connectivity index (χ0) is 14.8. The van der Waals surface area contributed by atoms with E-state index in [2.05, 4.69) is 15.4 Å². The molecule has 0 atom stereocenters. The molecule has 0 unspecified atom stereocenters. The van der Waals surface area contributed by atoms with Crippen molar-refractivity contribution in [1.82, 2.24) is 10.0 Å². The highest BCUT2D eigenvalue weighted by atomic mass is 32.2. The molecule has 0 radical (unpaired) electrons. The number of rotatable bonds is 5. The van der Waals surface area contributed by atoms with Crippen LogP contribution >= 0.6 is 0 Å². The molecule has 0 heterocycles. The first-order valence-electron chi connectivity index (χ1n) is 6.57. The Morgan fingerprint density at radius 2 is 1.80 bits per heavy atom. The average Bonchev–Trinajstić information content (AvgIpc) is 3.11. The number of sulfonamides is 1. The number of anilines is 1. The maximum Gasteiger partial charge on any atom is 0.319 e. The molecule has 0 aromatic heterocycles. The summed E-state index contributed by atoms with van der Waals surface area (Å²) in [6.07, 6.45) is 2.04. The Morgan fingerprint density at radius 1 is 1.20 bits per heavy atom. The molecular weight excluding hydrogens is 278 g/mol. The fraction of sp³-hybridized carbons (Fsp3) is 0.462. The van der Waals surface area contributed by atoms with Gasteiger partial charge in [-0.05, 0) is 51.0 Å². The third-order valence-corrected chi connectivity index (χ3v) is 4.40. The van der Waals surface area contributed by atoms with E-state index in [9.17, 15) is 13.2 Å². The van der Waals surface area contributed by atoms with Gasteiger partial charge in [0.2, 0.25) is 10.0 Å². The maximum atomic E-state index is 11.9. The fourth-order valence-corrected chi connectivity index (χ4v) is 2.93. The number of hydrogen-bond acceptors (Lipinski definition) is 3. The predicted molar refractivity (Wildman–Crippen MR) is 77.1 cm³/mol. The van der Waals surface area contributed by atoms with E-state index >= 15 is 0 Å². The van der Waals surface area contributed by atoms with Crippen molar-refractivity contribution < 1.29 is 13.2 Å². The van der Waals surface area contributed by atoms with E-state index in [1.54, 1.807) is 26.0 Å². The van der Waals surface area contributed by atoms with Crippen molar-refractivity contribution in [3.63, 3.8) is 0 Å². The number of hydrogen-bond donors (Lipinski definition) is 3. The minimum atomic E-state index is -3.49. The van der Waals surface area contributed by atoms with Crippen LogP contribution in [0.5, 0.6) is 0 Å². The molecule has 6 nitrogen and oxygen atoms in total. The van der Waals surface area contributed by atoms with Crippen LogP contribution < -0.4 is 15.4 Å². The predicted octanol–water partition coefficient (Wildman–Crippen LogP) is 1.66. The van der Waals surface area contributed by atoms with Crippen molar-refractivity contribution in [2.24, 2.45) is 0 Å². The van der Waals surface area contributed by atoms with Gasteiger partial charge in [-0.3, -0.25) is 0 Å². The first kappa shape index (κ1) is 14.8. The van der Waals surface area contributed by atoms with Crippen LogP contribution in [-0.2, 0) is 10.0 Å². The molecule has 0 bridgehead atoms. The van der Waals surface area contributed by atoms with Crippen molar-refractivity contribution in [3.05, 3.63) is 24.3 Å². The number of amides is 2. The van der Waals surface area contributed by atoms with Crippen LogP contribution in [0.15, 0.2) is 29.2 Å². The lowest BCUT2D eigenvalue weighted by molar-refractivity contribution is 0.251. The van der Waals surface area contributed by atoms with Crippen molar-refractivity contribution in [2.45, 2.75) is 43.7 Å². The molecule has 20 heavy (non-hydrogen) atoms. The summed E-state index contributed by atoms with van der Waals surface area (Å²) in [4.78, 5) is 11.7. The fourth-order valence-electron chi connectivity index (χ4n) is 1.68. The van der Waals surface area contributed by atoms with Crippen LogP contribution in [0, 0.1) is 0 Å². The third kappa shape index (κ3) is 4.21. The first-order chi connectivity index (χ1) is 9.37. The van der Waals surface area contributed by atoms with E-state index in [0.717, 1.165) is 12.8 Å². The van der Waals surface area contributed by atoms with Crippen LogP contribution in [0.3, 0.4) is 0 Å². The van der Waals surface area contributed by atoms with Gasteiger partial charge in [-0.1, -0.05) is 0 Å². The maximum absolute atomic E-state index is 11.9. The Morgan fingerprint density at radius 3 is 2.30 bits per heavy atom. The summed E-state index contributed by atoms with van der Waals surface area (Å²) in [5, 5.41) is 5.46. The monoisotopic (exact) mass is 297 g/mol. The van der Waals surface area contributed by atoms with E-state index in [4.69, 9.17) is 0 Å². The average molecular weight is 297 g/mol. The molecule has 2 amide bonds. The van der Waals surface area contributed by atoms with Gasteiger partial charge in [-0.25, -0.2) is 17.9 Å². The zero-order valence-corrected chi connectivity index (χ0v) is 12.3. The Labute approximate surface area is 119 Å². The van der Waals surface area contributed by atoms with Gasteiger partial charge in [-0.15, -0.1) is 0 Å². The van der Waals surface area contributed by atoms with Gasteiger partial charge in [0.15, 0.2) is 0 Å². The number of benzene rings is 1. The quantitative estimate of drug-likeness (QED) is 0.772. The second-order valence-corrected chi connectivity index (χ2v) is 6.89. The molecule has 1 aliphatic rings. The van der Waals surface area contributed by atoms with Crippen molar-refractivity contribution in [1.29, 1.82) is 0 Å². The second kappa shape index (κ2) is 5.80. The molecule has 0 saturated heterocycles. The van der Waals surface area contributed by atoms with Crippen LogP contribution in [0.4, 0.5) is 10.5 Å². The molecule has 3 N–H and O–H groups in total. The summed E-state index contributed by atoms with van der Waals surface area (Å²) in [6.45, 7) is 3.52. The van der Waals surface area contributed by atoms with Gasteiger partial charge < -0.3 is 10.6 Å². The van der Waals surface area contributed by atoms with Crippen molar-refractivity contribution >= 4 is 21.7 Å². The first-order valence-corrected chi connectivity index (χ1v) is 8.05. The number of urea groups is 1. The van der Waals surface area contributed by atoms with Gasteiger partial charge >= 0.3 is 6.03 Å². The van der Waals surface area contributed by atoms with E-state index < -0.39 is 10.0 Å². The summed E-state index contributed by atoms with van der Waals surface area (Å²) in [5.41, 5.74) is 0.562. The van der Waals surface area contributed by atoms with E-state index in [-0.39, 0.29) is 23.0 Å². The minimum Gasteiger partial charge on any atom is -0.335 e. The summed E-state index contributed by atoms with van der Waals surface area (Å²) < 4.78 is 26.3. The lowest BCUT2D eigenvalue weighted by atomic mass is 10.3. The molecule has 7 heteroatoms. The topological polar surface area (TPSA) is 87.3 Å². The molecule has 0 aliphatic heterocycles. The lowest BCUT2D eigenvalue weighted by Crippen LogP contribution is -2.31. The summed E-state index contributed by atoms with van der Waals surface area (Å²) in [6, 6.07) is 5.94. The molecule has 1 saturated carbocycles. The standard InChI is InChI=1S/C13H19N3O3S/c1-9(2)16-20(18,19)12-7-5-11(6-8-12)15-13(17)14-10-3-4-10/h5-10,16H,3-4H2,1-2H3,(H2,14,15,17). The van der Waals surface area contributed by atoms with Gasteiger partial charge in [0.25, 0.3) is 0 Å². The van der Waals surface area contributed by atoms with Crippen LogP contribution in [0.2, 0.25) is 0 Å². The van der Waals surface area contributed by atoms with Crippen LogP contribution in [0.1, 0.15) is 26.7 Å². The van der Waals surface area contributed by atoms with E-state index in [1.165, 1.54) is 12.1 Å². The molecule has 1 aliphatic carbocycles. The molecule has 110 valence electrons. The van der Waals surface area contributed by atoms with Gasteiger partial charge in [-0.2, -0.15) is 0 Å². The summed E-state index contributed by atoms with van der Waals surface area (Å²) in [7, 11) is -3.49. The Balaban J connectivity index is 2.00. The number of carbonyl (C=O) groups excluding carboxylic acids is 1. The Bertz CT molecular complexity index is 577. The molecule has 1 fully saturated rings. The van der Waals surface area contributed by atoms with Gasteiger partial charge in [0.1, 0.15) is 0 Å². The zero-order valence-electron chi connectivity index (χ0n) is 11.5. The van der Waals surface area contributed by atoms with Crippen LogP contribution in [-0.4, -0.2) is 26.5 Å². The number of nitrogens with one attached hydrogen (secondary N) is 3. The minimum absolute atomic E-state index is 0.165. The smallest absolute Gasteiger partial charge is 0.319 e. The highest BCUT2D eigenvalue weighted by Gasteiger charge is 2.23. The molecule has 1 aromatic carbocycles. The van der Waals surface area contributed by atoms with Crippen LogP contribution in [0.25, 0.3) is 0 Å². The number of carbonyl (C=O) groups is 1. The van der Waals surface area contributed by atoms with Crippen molar-refractivity contribution in [2.75, 3.05) is 5.32 Å². The molecule has 2 rings (SSSR count). The Hall–Kier alpha value is -1.60. The summed E-state index contributed by atoms with van der Waals surface area (Å²) >= 11 is 0. The largest absolute Gasteiger partial charge is 0.335 e. The van der Waals surface area contributed by atoms with E-state index in [0.29, 0.717) is 5.69 Å². The molecular formula is C13H19N3O3S. The normalized spacial score (nSPS) is 15.2. The lowest BCUT2D eigenvalue weighted by Gasteiger charge is -2.10. The van der Waals surface area contributed by atoms with E-state index in [1.807, 2.05) is 0 Å². The second-order valence-electron chi connectivity index (χ2n) is 5.17. The molecule has 1 aromatic rings. The summed E-state index contributed by atoms with van der Waals surface area (Å²) in [5.74, 6) is 0. The van der Waals surface area contributed by atoms with Gasteiger partial charge in [0, 0.05) is 17.8 Å². The molecule has 0 spiro atoms. The highest BCUT2D eigenvalue weighted by Crippen LogP contribution is 2.19.